The standard InChI is InChI=1S/C18H22N2O2/c1-13-6-3-4-9-17(13)20-18(21)15(12-19)10-14-7-5-8-16(11-14)22-2/h5,7-8,10-11,13,17H,3-4,6,9H2,1-2H3,(H,20,21)/b15-10-/t13-,17-/m1/s1. The normalized spacial score (nSPS) is 21.8. The molecule has 1 N–H and O–H groups in total. The molecule has 1 aromatic rings. The second-order valence-electron chi connectivity index (χ2n) is 5.79. The van der Waals surface area contributed by atoms with Crippen LogP contribution in [0, 0.1) is 17.2 Å². The van der Waals surface area contributed by atoms with E-state index in [0.717, 1.165) is 24.8 Å². The molecule has 0 aromatic heterocycles. The number of carbonyl (C=O) groups is 1. The smallest absolute Gasteiger partial charge is 0.262 e. The molecular weight excluding hydrogens is 276 g/mol. The molecule has 1 aliphatic carbocycles. The van der Waals surface area contributed by atoms with Crippen molar-refractivity contribution in [2.75, 3.05) is 7.11 Å². The van der Waals surface area contributed by atoms with Crippen LogP contribution in [-0.2, 0) is 4.79 Å². The summed E-state index contributed by atoms with van der Waals surface area (Å²) in [5.41, 5.74) is 0.911. The lowest BCUT2D eigenvalue weighted by Crippen LogP contribution is -2.41. The van der Waals surface area contributed by atoms with Gasteiger partial charge < -0.3 is 10.1 Å². The number of hydrogen-bond acceptors (Lipinski definition) is 3. The first-order valence-electron chi connectivity index (χ1n) is 7.70. The van der Waals surface area contributed by atoms with Gasteiger partial charge in [0.05, 0.1) is 7.11 Å². The summed E-state index contributed by atoms with van der Waals surface area (Å²) >= 11 is 0. The Morgan fingerprint density at radius 3 is 2.86 bits per heavy atom. The molecule has 1 aromatic carbocycles. The van der Waals surface area contributed by atoms with E-state index in [4.69, 9.17) is 4.74 Å². The average molecular weight is 298 g/mol. The van der Waals surface area contributed by atoms with Crippen LogP contribution in [-0.4, -0.2) is 19.1 Å². The minimum Gasteiger partial charge on any atom is -0.497 e. The SMILES string of the molecule is COc1cccc(/C=C(/C#N)C(=O)N[C@@H]2CCCC[C@H]2C)c1. The Bertz CT molecular complexity index is 601. The molecule has 2 rings (SSSR count). The topological polar surface area (TPSA) is 62.1 Å². The lowest BCUT2D eigenvalue weighted by atomic mass is 9.86. The predicted octanol–water partition coefficient (Wildman–Crippen LogP) is 3.30. The summed E-state index contributed by atoms with van der Waals surface area (Å²) in [6.07, 6.45) is 6.08. The first-order chi connectivity index (χ1) is 10.6. The maximum absolute atomic E-state index is 12.3. The van der Waals surface area contributed by atoms with Crippen molar-refractivity contribution >= 4 is 12.0 Å². The highest BCUT2D eigenvalue weighted by molar-refractivity contribution is 6.01. The van der Waals surface area contributed by atoms with Gasteiger partial charge in [0.25, 0.3) is 5.91 Å². The zero-order chi connectivity index (χ0) is 15.9. The number of amides is 1. The van der Waals surface area contributed by atoms with Crippen LogP contribution in [0.5, 0.6) is 5.75 Å². The molecule has 0 heterocycles. The fourth-order valence-electron chi connectivity index (χ4n) is 2.82. The van der Waals surface area contributed by atoms with E-state index in [1.807, 2.05) is 24.3 Å². The second-order valence-corrected chi connectivity index (χ2v) is 5.79. The molecule has 0 aliphatic heterocycles. The Kier molecular flexibility index (Phi) is 5.60. The summed E-state index contributed by atoms with van der Waals surface area (Å²) in [6.45, 7) is 2.15. The summed E-state index contributed by atoms with van der Waals surface area (Å²) < 4.78 is 5.15. The van der Waals surface area contributed by atoms with Crippen LogP contribution in [0.15, 0.2) is 29.8 Å². The van der Waals surface area contributed by atoms with Crippen molar-refractivity contribution in [3.05, 3.63) is 35.4 Å². The van der Waals surface area contributed by atoms with Crippen molar-refractivity contribution in [3.8, 4) is 11.8 Å². The Balaban J connectivity index is 2.11. The van der Waals surface area contributed by atoms with Crippen molar-refractivity contribution in [1.82, 2.24) is 5.32 Å². The number of benzene rings is 1. The lowest BCUT2D eigenvalue weighted by molar-refractivity contribution is -0.118. The van der Waals surface area contributed by atoms with Gasteiger partial charge in [0, 0.05) is 6.04 Å². The van der Waals surface area contributed by atoms with Crippen LogP contribution in [0.2, 0.25) is 0 Å². The summed E-state index contributed by atoms with van der Waals surface area (Å²) in [5.74, 6) is 0.880. The van der Waals surface area contributed by atoms with Gasteiger partial charge >= 0.3 is 0 Å². The van der Waals surface area contributed by atoms with E-state index in [1.165, 1.54) is 6.42 Å². The molecule has 1 saturated carbocycles. The van der Waals surface area contributed by atoms with Gasteiger partial charge in [0.15, 0.2) is 0 Å². The number of rotatable bonds is 4. The average Bonchev–Trinajstić information content (AvgIpc) is 2.54. The van der Waals surface area contributed by atoms with E-state index >= 15 is 0 Å². The van der Waals surface area contributed by atoms with Gasteiger partial charge in [-0.3, -0.25) is 4.79 Å². The second kappa shape index (κ2) is 7.65. The zero-order valence-electron chi connectivity index (χ0n) is 13.1. The molecule has 116 valence electrons. The van der Waals surface area contributed by atoms with E-state index in [2.05, 4.69) is 12.2 Å². The molecule has 4 heteroatoms. The van der Waals surface area contributed by atoms with Gasteiger partial charge in [-0.1, -0.05) is 31.9 Å². The summed E-state index contributed by atoms with van der Waals surface area (Å²) in [7, 11) is 1.59. The van der Waals surface area contributed by atoms with Gasteiger partial charge in [0.2, 0.25) is 0 Å². The maximum atomic E-state index is 12.3. The number of nitrogens with zero attached hydrogens (tertiary/aromatic N) is 1. The van der Waals surface area contributed by atoms with E-state index in [0.29, 0.717) is 11.7 Å². The van der Waals surface area contributed by atoms with Crippen LogP contribution >= 0.6 is 0 Å². The molecule has 2 atom stereocenters. The van der Waals surface area contributed by atoms with Crippen LogP contribution < -0.4 is 10.1 Å². The van der Waals surface area contributed by atoms with E-state index in [9.17, 15) is 10.1 Å². The molecule has 1 aliphatic rings. The Labute approximate surface area is 131 Å². The molecule has 0 bridgehead atoms. The molecule has 0 spiro atoms. The third-order valence-electron chi connectivity index (χ3n) is 4.20. The molecule has 0 saturated heterocycles. The number of nitrogens with one attached hydrogen (secondary N) is 1. The number of methoxy groups -OCH3 is 1. The molecule has 1 amide bonds. The fourth-order valence-corrected chi connectivity index (χ4v) is 2.82. The number of ether oxygens (including phenoxy) is 1. The fraction of sp³-hybridized carbons (Fsp3) is 0.444. The number of hydrogen-bond donors (Lipinski definition) is 1. The molecule has 0 radical (unpaired) electrons. The van der Waals surface area contributed by atoms with Crippen LogP contribution in [0.25, 0.3) is 6.08 Å². The van der Waals surface area contributed by atoms with Gasteiger partial charge in [-0.05, 0) is 42.5 Å². The quantitative estimate of drug-likeness (QED) is 0.685. The number of nitriles is 1. The van der Waals surface area contributed by atoms with Gasteiger partial charge in [-0.2, -0.15) is 5.26 Å². The van der Waals surface area contributed by atoms with Crippen molar-refractivity contribution in [1.29, 1.82) is 5.26 Å². The lowest BCUT2D eigenvalue weighted by Gasteiger charge is -2.29. The van der Waals surface area contributed by atoms with Crippen molar-refractivity contribution in [3.63, 3.8) is 0 Å². The van der Waals surface area contributed by atoms with Crippen LogP contribution in [0.1, 0.15) is 38.2 Å². The first-order valence-corrected chi connectivity index (χ1v) is 7.70. The summed E-state index contributed by atoms with van der Waals surface area (Å²) in [5, 5.41) is 12.3. The van der Waals surface area contributed by atoms with Gasteiger partial charge in [-0.15, -0.1) is 0 Å². The highest BCUT2D eigenvalue weighted by Crippen LogP contribution is 2.24. The van der Waals surface area contributed by atoms with Crippen molar-refractivity contribution in [2.45, 2.75) is 38.6 Å². The van der Waals surface area contributed by atoms with Gasteiger partial charge in [-0.25, -0.2) is 0 Å². The summed E-state index contributed by atoms with van der Waals surface area (Å²) in [4.78, 5) is 12.3. The molecule has 1 fully saturated rings. The van der Waals surface area contributed by atoms with Crippen LogP contribution in [0.3, 0.4) is 0 Å². The summed E-state index contributed by atoms with van der Waals surface area (Å²) in [6, 6.07) is 9.47. The molecule has 4 nitrogen and oxygen atoms in total. The third-order valence-corrected chi connectivity index (χ3v) is 4.20. The van der Waals surface area contributed by atoms with E-state index in [1.54, 1.807) is 19.3 Å². The van der Waals surface area contributed by atoms with Gasteiger partial charge in [0.1, 0.15) is 17.4 Å². The largest absolute Gasteiger partial charge is 0.497 e. The van der Waals surface area contributed by atoms with Crippen molar-refractivity contribution in [2.24, 2.45) is 5.92 Å². The number of carbonyl (C=O) groups excluding carboxylic acids is 1. The van der Waals surface area contributed by atoms with E-state index < -0.39 is 0 Å². The Morgan fingerprint density at radius 1 is 1.41 bits per heavy atom. The van der Waals surface area contributed by atoms with E-state index in [-0.39, 0.29) is 17.5 Å². The minimum atomic E-state index is -0.288. The monoisotopic (exact) mass is 298 g/mol. The maximum Gasteiger partial charge on any atom is 0.262 e. The molecular formula is C18H22N2O2. The van der Waals surface area contributed by atoms with Crippen molar-refractivity contribution < 1.29 is 9.53 Å². The van der Waals surface area contributed by atoms with Crippen LogP contribution in [0.4, 0.5) is 0 Å². The molecule has 22 heavy (non-hydrogen) atoms. The highest BCUT2D eigenvalue weighted by Gasteiger charge is 2.23. The minimum absolute atomic E-state index is 0.131. The third kappa shape index (κ3) is 4.11. The highest BCUT2D eigenvalue weighted by atomic mass is 16.5. The zero-order valence-corrected chi connectivity index (χ0v) is 13.1. The molecule has 0 unspecified atom stereocenters. The Hall–Kier alpha value is -2.28. The first kappa shape index (κ1) is 16.1. The predicted molar refractivity (Wildman–Crippen MR) is 86.1 cm³/mol. The Morgan fingerprint density at radius 2 is 2.18 bits per heavy atom.